The van der Waals surface area contributed by atoms with E-state index in [2.05, 4.69) is 4.98 Å². The average Bonchev–Trinajstić information content (AvgIpc) is 3.24. The number of thiazole rings is 1. The Kier molecular flexibility index (Phi) is 4.67. The molecule has 3 atom stereocenters. The number of methoxy groups -OCH3 is 1. The Bertz CT molecular complexity index is 1260. The monoisotopic (exact) mass is 454 g/mol. The van der Waals surface area contributed by atoms with Crippen molar-refractivity contribution >= 4 is 40.6 Å². The Morgan fingerprint density at radius 1 is 1.06 bits per heavy atom. The Morgan fingerprint density at radius 2 is 1.81 bits per heavy atom. The Balaban J connectivity index is 1.66. The zero-order chi connectivity index (χ0) is 21.9. The summed E-state index contributed by atoms with van der Waals surface area (Å²) in [6, 6.07) is 12.1. The maximum Gasteiger partial charge on any atom is 0.305 e. The molecule has 0 spiro atoms. The number of anilines is 1. The van der Waals surface area contributed by atoms with Gasteiger partial charge in [-0.1, -0.05) is 46.9 Å². The molecule has 2 amide bonds. The second-order valence-corrected chi connectivity index (χ2v) is 9.70. The van der Waals surface area contributed by atoms with Crippen molar-refractivity contribution < 1.29 is 19.4 Å². The highest BCUT2D eigenvalue weighted by Gasteiger charge is 2.56. The van der Waals surface area contributed by atoms with Crippen molar-refractivity contribution in [2.75, 3.05) is 12.0 Å². The van der Waals surface area contributed by atoms with E-state index in [-0.39, 0.29) is 28.2 Å². The van der Waals surface area contributed by atoms with E-state index in [1.807, 2.05) is 19.1 Å². The molecule has 2 N–H and O–H groups in total. The Morgan fingerprint density at radius 3 is 2.52 bits per heavy atom. The van der Waals surface area contributed by atoms with Gasteiger partial charge in [-0.05, 0) is 36.8 Å². The minimum atomic E-state index is -0.674. The molecule has 3 heterocycles. The van der Waals surface area contributed by atoms with Crippen molar-refractivity contribution in [2.45, 2.75) is 23.1 Å². The molecule has 158 valence electrons. The number of fused-ring (bicyclic) bond motifs is 2. The second-order valence-electron chi connectivity index (χ2n) is 7.53. The van der Waals surface area contributed by atoms with Gasteiger partial charge in [-0.3, -0.25) is 14.4 Å². The van der Waals surface area contributed by atoms with Gasteiger partial charge in [0.15, 0.2) is 11.5 Å². The molecular weight excluding hydrogens is 436 g/mol. The maximum absolute atomic E-state index is 13.6. The van der Waals surface area contributed by atoms with E-state index in [1.54, 1.807) is 24.3 Å². The van der Waals surface area contributed by atoms with Crippen LogP contribution in [0.5, 0.6) is 11.5 Å². The number of carbonyl (C=O) groups is 2. The number of aryl methyl sites for hydroxylation is 1. The van der Waals surface area contributed by atoms with Crippen LogP contribution in [-0.4, -0.2) is 34.3 Å². The average molecular weight is 455 g/mol. The number of amides is 2. The summed E-state index contributed by atoms with van der Waals surface area (Å²) < 4.78 is 5.25. The molecule has 9 heteroatoms. The summed E-state index contributed by atoms with van der Waals surface area (Å²) in [6.07, 6.45) is 0. The van der Waals surface area contributed by atoms with Gasteiger partial charge in [0, 0.05) is 10.8 Å². The molecule has 7 nitrogen and oxygen atoms in total. The van der Waals surface area contributed by atoms with Crippen molar-refractivity contribution in [1.29, 1.82) is 0 Å². The first kappa shape index (κ1) is 19.9. The summed E-state index contributed by atoms with van der Waals surface area (Å²) in [5, 5.41) is 9.97. The van der Waals surface area contributed by atoms with Crippen LogP contribution in [0.25, 0.3) is 0 Å². The highest BCUT2D eigenvalue weighted by Crippen LogP contribution is 2.53. The maximum atomic E-state index is 13.6. The number of nitrogens with zero attached hydrogens (tertiary/aromatic N) is 1. The van der Waals surface area contributed by atoms with Crippen molar-refractivity contribution in [3.8, 4) is 11.5 Å². The zero-order valence-electron chi connectivity index (χ0n) is 16.6. The molecule has 31 heavy (non-hydrogen) atoms. The normalized spacial score (nSPS) is 22.4. The lowest BCUT2D eigenvalue weighted by atomic mass is 9.83. The van der Waals surface area contributed by atoms with Gasteiger partial charge in [0.25, 0.3) is 0 Å². The van der Waals surface area contributed by atoms with Gasteiger partial charge < -0.3 is 14.8 Å². The number of H-pyrrole nitrogens is 1. The lowest BCUT2D eigenvalue weighted by Crippen LogP contribution is -2.32. The molecule has 2 aliphatic heterocycles. The topological polar surface area (TPSA) is 99.7 Å². The number of hydrogen-bond acceptors (Lipinski definition) is 7. The van der Waals surface area contributed by atoms with E-state index in [9.17, 15) is 19.5 Å². The third-order valence-electron chi connectivity index (χ3n) is 5.68. The van der Waals surface area contributed by atoms with E-state index < -0.39 is 17.1 Å². The summed E-state index contributed by atoms with van der Waals surface area (Å²) in [7, 11) is 1.45. The highest BCUT2D eigenvalue weighted by molar-refractivity contribution is 8.00. The molecule has 0 bridgehead atoms. The number of aromatic nitrogens is 1. The smallest absolute Gasteiger partial charge is 0.305 e. The number of phenols is 1. The minimum Gasteiger partial charge on any atom is -0.504 e. The number of aromatic amines is 1. The summed E-state index contributed by atoms with van der Waals surface area (Å²) >= 11 is 2.28. The molecule has 2 aliphatic rings. The van der Waals surface area contributed by atoms with Gasteiger partial charge in [0.05, 0.1) is 23.7 Å². The van der Waals surface area contributed by atoms with E-state index in [0.29, 0.717) is 16.3 Å². The standard InChI is InChI=1S/C22H18N2O5S2/c1-10-3-6-12(7-4-10)24-20(26)16-15(11-5-8-13(25)14(9-11)29-2)17-19(23-22(28)31-17)30-18(16)21(24)27/h3-9,15-16,18,25H,1-2H3,(H,23,28)/t15-,16-,18-/m1/s1. The molecule has 1 fully saturated rings. The van der Waals surface area contributed by atoms with Crippen LogP contribution in [0, 0.1) is 12.8 Å². The lowest BCUT2D eigenvalue weighted by molar-refractivity contribution is -0.122. The zero-order valence-corrected chi connectivity index (χ0v) is 18.3. The number of rotatable bonds is 3. The lowest BCUT2D eigenvalue weighted by Gasteiger charge is -2.30. The Labute approximate surface area is 185 Å². The molecular formula is C22H18N2O5S2. The van der Waals surface area contributed by atoms with Crippen molar-refractivity contribution in [3.05, 3.63) is 68.1 Å². The molecule has 3 aromatic rings. The first-order valence-electron chi connectivity index (χ1n) is 9.60. The number of phenolic OH excluding ortho intramolecular Hbond substituents is 1. The number of hydrogen-bond donors (Lipinski definition) is 2. The fourth-order valence-corrected chi connectivity index (χ4v) is 6.73. The van der Waals surface area contributed by atoms with Gasteiger partial charge in [-0.15, -0.1) is 0 Å². The van der Waals surface area contributed by atoms with Crippen molar-refractivity contribution in [2.24, 2.45) is 5.92 Å². The van der Waals surface area contributed by atoms with Crippen LogP contribution < -0.4 is 14.5 Å². The largest absolute Gasteiger partial charge is 0.504 e. The van der Waals surface area contributed by atoms with Crippen LogP contribution in [0.3, 0.4) is 0 Å². The minimum absolute atomic E-state index is 0.0226. The number of nitrogens with one attached hydrogen (secondary N) is 1. The summed E-state index contributed by atoms with van der Waals surface area (Å²) in [5.41, 5.74) is 2.27. The SMILES string of the molecule is COc1cc([C@H]2c3sc(=O)[nH]c3S[C@H]3C(=O)N(c4ccc(C)cc4)C(=O)[C@H]23)ccc1O. The van der Waals surface area contributed by atoms with Crippen molar-refractivity contribution in [1.82, 2.24) is 4.98 Å². The van der Waals surface area contributed by atoms with Gasteiger partial charge in [0.1, 0.15) is 5.25 Å². The van der Waals surface area contributed by atoms with Crippen LogP contribution in [0.1, 0.15) is 21.9 Å². The van der Waals surface area contributed by atoms with Crippen LogP contribution in [-0.2, 0) is 9.59 Å². The second kappa shape index (κ2) is 7.28. The molecule has 1 saturated heterocycles. The van der Waals surface area contributed by atoms with E-state index in [4.69, 9.17) is 4.74 Å². The Hall–Kier alpha value is -3.04. The predicted octanol–water partition coefficient (Wildman–Crippen LogP) is 3.25. The summed E-state index contributed by atoms with van der Waals surface area (Å²) in [5.74, 6) is -1.53. The van der Waals surface area contributed by atoms with Crippen LogP contribution in [0.15, 0.2) is 52.3 Å². The van der Waals surface area contributed by atoms with Crippen molar-refractivity contribution in [3.63, 3.8) is 0 Å². The van der Waals surface area contributed by atoms with Crippen LogP contribution >= 0.6 is 23.1 Å². The molecule has 0 aliphatic carbocycles. The fourth-order valence-electron chi connectivity index (χ4n) is 4.21. The number of ether oxygens (including phenoxy) is 1. The number of carbonyl (C=O) groups excluding carboxylic acids is 2. The van der Waals surface area contributed by atoms with E-state index in [0.717, 1.165) is 21.8 Å². The molecule has 0 radical (unpaired) electrons. The first-order valence-corrected chi connectivity index (χ1v) is 11.3. The highest BCUT2D eigenvalue weighted by atomic mass is 32.2. The number of benzene rings is 2. The fraction of sp³-hybridized carbons (Fsp3) is 0.227. The molecule has 2 aromatic carbocycles. The number of imide groups is 1. The number of aromatic hydroxyl groups is 1. The molecule has 0 saturated carbocycles. The number of thioether (sulfide) groups is 1. The quantitative estimate of drug-likeness (QED) is 0.590. The van der Waals surface area contributed by atoms with Gasteiger partial charge in [-0.25, -0.2) is 4.90 Å². The van der Waals surface area contributed by atoms with E-state index in [1.165, 1.54) is 29.8 Å². The van der Waals surface area contributed by atoms with Gasteiger partial charge >= 0.3 is 4.87 Å². The molecule has 1 aromatic heterocycles. The third-order valence-corrected chi connectivity index (χ3v) is 8.08. The predicted molar refractivity (Wildman–Crippen MR) is 118 cm³/mol. The van der Waals surface area contributed by atoms with Gasteiger partial charge in [-0.2, -0.15) is 0 Å². The van der Waals surface area contributed by atoms with E-state index >= 15 is 0 Å². The van der Waals surface area contributed by atoms with Crippen LogP contribution in [0.4, 0.5) is 5.69 Å². The molecule has 0 unspecified atom stereocenters. The molecule has 5 rings (SSSR count). The van der Waals surface area contributed by atoms with Crippen LogP contribution in [0.2, 0.25) is 0 Å². The van der Waals surface area contributed by atoms with Gasteiger partial charge in [0.2, 0.25) is 11.8 Å². The summed E-state index contributed by atoms with van der Waals surface area (Å²) in [4.78, 5) is 43.6. The third kappa shape index (κ3) is 3.07. The summed E-state index contributed by atoms with van der Waals surface area (Å²) in [6.45, 7) is 1.94. The first-order chi connectivity index (χ1) is 14.9.